The second-order valence-electron chi connectivity index (χ2n) is 9.50. The average Bonchev–Trinajstić information content (AvgIpc) is 3.33. The molecule has 1 aliphatic carbocycles. The van der Waals surface area contributed by atoms with Gasteiger partial charge in [-0.05, 0) is 61.3 Å². The quantitative estimate of drug-likeness (QED) is 0.592. The summed E-state index contributed by atoms with van der Waals surface area (Å²) in [5.41, 5.74) is -0.921. The molecule has 1 heterocycles. The maximum Gasteiger partial charge on any atom is 0.416 e. The molecule has 1 aliphatic heterocycles. The van der Waals surface area contributed by atoms with Gasteiger partial charge in [0.05, 0.1) is 10.5 Å². The van der Waals surface area contributed by atoms with Gasteiger partial charge in [0.1, 0.15) is 6.04 Å². The lowest BCUT2D eigenvalue weighted by molar-refractivity contribution is -0.137. The number of carbonyl (C=O) groups is 2. The van der Waals surface area contributed by atoms with Gasteiger partial charge in [-0.15, -0.1) is 0 Å². The summed E-state index contributed by atoms with van der Waals surface area (Å²) in [5.74, 6) is -0.462. The lowest BCUT2D eigenvalue weighted by atomic mass is 9.96. The fraction of sp³-hybridized carbons (Fsp3) is 0.636. The fourth-order valence-corrected chi connectivity index (χ4v) is 6.40. The number of rotatable bonds is 7. The molecule has 0 radical (unpaired) electrons. The van der Waals surface area contributed by atoms with E-state index in [1.54, 1.807) is 0 Å². The van der Waals surface area contributed by atoms with Gasteiger partial charge in [0, 0.05) is 26.2 Å². The zero-order chi connectivity index (χ0) is 25.4. The molecule has 190 valence electrons. The van der Waals surface area contributed by atoms with Crippen molar-refractivity contribution in [1.29, 1.82) is 0 Å². The highest BCUT2D eigenvalue weighted by molar-refractivity contribution is 7.89. The number of sulfonamides is 1. The van der Waals surface area contributed by atoms with Crippen LogP contribution in [0.25, 0.3) is 0 Å². The molecule has 8 nitrogen and oxygen atoms in total. The van der Waals surface area contributed by atoms with Crippen LogP contribution in [-0.2, 0) is 21.0 Å². The summed E-state index contributed by atoms with van der Waals surface area (Å²) in [5, 5.41) is 12.3. The molecule has 1 aromatic carbocycles. The van der Waals surface area contributed by atoms with Gasteiger partial charge in [-0.1, -0.05) is 13.8 Å². The van der Waals surface area contributed by atoms with Crippen molar-refractivity contribution < 1.29 is 36.3 Å². The standard InChI is InChI=1S/C22H30F3N3O5S/c1-13(2)10-19(27(3)21(30)31)20(29)26-18-9-4-14-11-28(12-17(14)18)34(32,33)16-7-5-15(6-8-16)22(23,24)25/h5-8,13-14,17-19H,4,9-12H2,1-3H3,(H,26,29)(H,30,31)/t14-,17+,18+,19?/m1/s1. The predicted molar refractivity (Wildman–Crippen MR) is 117 cm³/mol. The Labute approximate surface area is 197 Å². The second kappa shape index (κ2) is 9.73. The summed E-state index contributed by atoms with van der Waals surface area (Å²) in [6.45, 7) is 4.15. The molecule has 0 spiro atoms. The molecule has 1 saturated heterocycles. The van der Waals surface area contributed by atoms with Crippen LogP contribution in [-0.4, -0.2) is 67.0 Å². The largest absolute Gasteiger partial charge is 0.465 e. The summed E-state index contributed by atoms with van der Waals surface area (Å²) < 4.78 is 65.8. The van der Waals surface area contributed by atoms with Crippen LogP contribution >= 0.6 is 0 Å². The van der Waals surface area contributed by atoms with Crippen molar-refractivity contribution in [1.82, 2.24) is 14.5 Å². The summed E-state index contributed by atoms with van der Waals surface area (Å²) in [4.78, 5) is 25.1. The highest BCUT2D eigenvalue weighted by atomic mass is 32.2. The van der Waals surface area contributed by atoms with Gasteiger partial charge < -0.3 is 10.4 Å². The first-order chi connectivity index (χ1) is 15.7. The SMILES string of the molecule is CC(C)CC(C(=O)N[C@H]1CC[C@@H]2CN(S(=O)(=O)c3ccc(C(F)(F)F)cc3)C[C@@H]21)N(C)C(=O)O. The van der Waals surface area contributed by atoms with Gasteiger partial charge in [0.25, 0.3) is 0 Å². The minimum atomic E-state index is -4.56. The molecule has 0 bridgehead atoms. The molecule has 2 N–H and O–H groups in total. The number of benzene rings is 1. The molecular weight excluding hydrogens is 475 g/mol. The van der Waals surface area contributed by atoms with E-state index >= 15 is 0 Å². The van der Waals surface area contributed by atoms with Crippen LogP contribution in [0.2, 0.25) is 0 Å². The van der Waals surface area contributed by atoms with Crippen LogP contribution in [0.5, 0.6) is 0 Å². The van der Waals surface area contributed by atoms with Crippen molar-refractivity contribution in [3.63, 3.8) is 0 Å². The minimum Gasteiger partial charge on any atom is -0.465 e. The predicted octanol–water partition coefficient (Wildman–Crippen LogP) is 3.25. The van der Waals surface area contributed by atoms with Crippen molar-refractivity contribution >= 4 is 22.0 Å². The number of halogens is 3. The van der Waals surface area contributed by atoms with Crippen molar-refractivity contribution in [2.75, 3.05) is 20.1 Å². The molecule has 12 heteroatoms. The Balaban J connectivity index is 1.70. The van der Waals surface area contributed by atoms with Crippen LogP contribution < -0.4 is 5.32 Å². The van der Waals surface area contributed by atoms with Crippen molar-refractivity contribution in [3.8, 4) is 0 Å². The topological polar surface area (TPSA) is 107 Å². The molecule has 2 aliphatic rings. The molecule has 1 saturated carbocycles. The van der Waals surface area contributed by atoms with Gasteiger partial charge in [0.15, 0.2) is 0 Å². The zero-order valence-corrected chi connectivity index (χ0v) is 20.1. The number of nitrogens with zero attached hydrogens (tertiary/aromatic N) is 2. The maximum absolute atomic E-state index is 13.0. The smallest absolute Gasteiger partial charge is 0.416 e. The van der Waals surface area contributed by atoms with Crippen molar-refractivity contribution in [3.05, 3.63) is 29.8 Å². The van der Waals surface area contributed by atoms with E-state index in [4.69, 9.17) is 0 Å². The van der Waals surface area contributed by atoms with Gasteiger partial charge >= 0.3 is 12.3 Å². The third-order valence-electron chi connectivity index (χ3n) is 6.74. The summed E-state index contributed by atoms with van der Waals surface area (Å²) in [6.07, 6.45) is -4.07. The van der Waals surface area contributed by atoms with E-state index in [9.17, 15) is 36.3 Å². The Morgan fingerprint density at radius 1 is 1.18 bits per heavy atom. The number of likely N-dealkylation sites (N-methyl/N-ethyl adjacent to an activating group) is 1. The fourth-order valence-electron chi connectivity index (χ4n) is 4.86. The first kappa shape index (κ1) is 26.3. The van der Waals surface area contributed by atoms with Gasteiger partial charge in [-0.3, -0.25) is 9.69 Å². The number of carboxylic acid groups (broad SMARTS) is 1. The monoisotopic (exact) mass is 505 g/mol. The van der Waals surface area contributed by atoms with Crippen LogP contribution in [0.1, 0.15) is 38.7 Å². The van der Waals surface area contributed by atoms with E-state index in [1.807, 2.05) is 13.8 Å². The van der Waals surface area contributed by atoms with E-state index in [-0.39, 0.29) is 41.8 Å². The third-order valence-corrected chi connectivity index (χ3v) is 8.58. The normalized spacial score (nSPS) is 24.1. The highest BCUT2D eigenvalue weighted by Crippen LogP contribution is 2.40. The maximum atomic E-state index is 13.0. The number of alkyl halides is 3. The van der Waals surface area contributed by atoms with E-state index in [1.165, 1.54) is 11.4 Å². The minimum absolute atomic E-state index is 0.00951. The lowest BCUT2D eigenvalue weighted by Gasteiger charge is -2.29. The summed E-state index contributed by atoms with van der Waals surface area (Å²) >= 11 is 0. The number of hydrogen-bond donors (Lipinski definition) is 2. The van der Waals surface area contributed by atoms with Gasteiger partial charge in [-0.25, -0.2) is 13.2 Å². The first-order valence-electron chi connectivity index (χ1n) is 11.1. The third kappa shape index (κ3) is 5.48. The zero-order valence-electron chi connectivity index (χ0n) is 19.2. The molecule has 34 heavy (non-hydrogen) atoms. The van der Waals surface area contributed by atoms with Crippen LogP contribution in [0.15, 0.2) is 29.2 Å². The van der Waals surface area contributed by atoms with Gasteiger partial charge in [-0.2, -0.15) is 17.5 Å². The molecular formula is C22H30F3N3O5S. The van der Waals surface area contributed by atoms with E-state index in [0.717, 1.165) is 29.2 Å². The molecule has 1 unspecified atom stereocenters. The Bertz CT molecular complexity index is 1010. The highest BCUT2D eigenvalue weighted by Gasteiger charge is 2.47. The average molecular weight is 506 g/mol. The number of nitrogens with one attached hydrogen (secondary N) is 1. The summed E-state index contributed by atoms with van der Waals surface area (Å²) in [6, 6.07) is 2.27. The number of amides is 2. The molecule has 2 fully saturated rings. The van der Waals surface area contributed by atoms with E-state index in [2.05, 4.69) is 5.32 Å². The molecule has 4 atom stereocenters. The summed E-state index contributed by atoms with van der Waals surface area (Å²) in [7, 11) is -2.64. The van der Waals surface area contributed by atoms with E-state index < -0.39 is 39.8 Å². The number of hydrogen-bond acceptors (Lipinski definition) is 4. The van der Waals surface area contributed by atoms with Crippen LogP contribution in [0.3, 0.4) is 0 Å². The molecule has 2 amide bonds. The van der Waals surface area contributed by atoms with Crippen LogP contribution in [0, 0.1) is 17.8 Å². The van der Waals surface area contributed by atoms with Crippen molar-refractivity contribution in [2.24, 2.45) is 17.8 Å². The Hall–Kier alpha value is -2.34. The first-order valence-corrected chi connectivity index (χ1v) is 12.6. The van der Waals surface area contributed by atoms with E-state index in [0.29, 0.717) is 19.3 Å². The Morgan fingerprint density at radius 3 is 2.32 bits per heavy atom. The second-order valence-corrected chi connectivity index (χ2v) is 11.4. The number of carbonyl (C=O) groups excluding carboxylic acids is 1. The Morgan fingerprint density at radius 2 is 1.79 bits per heavy atom. The number of fused-ring (bicyclic) bond motifs is 1. The van der Waals surface area contributed by atoms with Crippen LogP contribution in [0.4, 0.5) is 18.0 Å². The van der Waals surface area contributed by atoms with Crippen molar-refractivity contribution in [2.45, 2.75) is 56.3 Å². The van der Waals surface area contributed by atoms with Gasteiger partial charge in [0.2, 0.25) is 15.9 Å². The molecule has 1 aromatic rings. The molecule has 0 aromatic heterocycles. The Kier molecular flexibility index (Phi) is 7.51. The molecule has 3 rings (SSSR count). The lowest BCUT2D eigenvalue weighted by Crippen LogP contribution is -2.51.